The number of Topliss-reactive ketones (excluding diaryl/α,β-unsaturated/α-hetero) is 1. The number of carbonyl (C=O) groups excluding carboxylic acids is 1. The van der Waals surface area contributed by atoms with Crippen molar-refractivity contribution in [3.63, 3.8) is 0 Å². The second-order valence-corrected chi connectivity index (χ2v) is 4.38. The molecule has 0 bridgehead atoms. The molecule has 1 aliphatic rings. The van der Waals surface area contributed by atoms with E-state index in [0.717, 1.165) is 5.69 Å². The van der Waals surface area contributed by atoms with Gasteiger partial charge in [0.25, 0.3) is 0 Å². The maximum absolute atomic E-state index is 13.5. The van der Waals surface area contributed by atoms with Crippen LogP contribution in [-0.2, 0) is 4.79 Å². The van der Waals surface area contributed by atoms with E-state index >= 15 is 0 Å². The van der Waals surface area contributed by atoms with Crippen LogP contribution in [0, 0.1) is 5.82 Å². The van der Waals surface area contributed by atoms with Crippen LogP contribution in [0.25, 0.3) is 0 Å². The van der Waals surface area contributed by atoms with Crippen molar-refractivity contribution in [3.8, 4) is 5.75 Å². The Labute approximate surface area is 104 Å². The SMILES string of the molecule is COc1cc(N2CCC(=O)CC2)cc(Cl)c1F. The van der Waals surface area contributed by atoms with E-state index < -0.39 is 5.82 Å². The highest BCUT2D eigenvalue weighted by atomic mass is 35.5. The Morgan fingerprint density at radius 1 is 1.35 bits per heavy atom. The quantitative estimate of drug-likeness (QED) is 0.816. The minimum atomic E-state index is -0.550. The molecule has 2 rings (SSSR count). The summed E-state index contributed by atoms with van der Waals surface area (Å²) < 4.78 is 18.4. The van der Waals surface area contributed by atoms with Crippen LogP contribution in [0.15, 0.2) is 12.1 Å². The van der Waals surface area contributed by atoms with Gasteiger partial charge in [0.1, 0.15) is 5.78 Å². The molecule has 17 heavy (non-hydrogen) atoms. The largest absolute Gasteiger partial charge is 0.494 e. The minimum absolute atomic E-state index is 0.0382. The molecule has 1 aromatic rings. The topological polar surface area (TPSA) is 29.5 Å². The molecule has 0 aromatic heterocycles. The molecule has 0 saturated carbocycles. The lowest BCUT2D eigenvalue weighted by Gasteiger charge is -2.28. The fraction of sp³-hybridized carbons (Fsp3) is 0.417. The Morgan fingerprint density at radius 3 is 2.59 bits per heavy atom. The lowest BCUT2D eigenvalue weighted by Crippen LogP contribution is -2.33. The van der Waals surface area contributed by atoms with Gasteiger partial charge in [0.05, 0.1) is 12.1 Å². The van der Waals surface area contributed by atoms with Gasteiger partial charge in [-0.2, -0.15) is 0 Å². The molecule has 1 heterocycles. The number of halogens is 2. The first-order valence-corrected chi connectivity index (χ1v) is 5.79. The zero-order valence-electron chi connectivity index (χ0n) is 9.50. The van der Waals surface area contributed by atoms with E-state index in [2.05, 4.69) is 0 Å². The maximum atomic E-state index is 13.5. The van der Waals surface area contributed by atoms with Gasteiger partial charge in [-0.1, -0.05) is 11.6 Å². The summed E-state index contributed by atoms with van der Waals surface area (Å²) in [5.41, 5.74) is 0.792. The average Bonchev–Trinajstić information content (AvgIpc) is 2.33. The number of ketones is 1. The minimum Gasteiger partial charge on any atom is -0.494 e. The fourth-order valence-electron chi connectivity index (χ4n) is 1.90. The first-order valence-electron chi connectivity index (χ1n) is 5.41. The molecule has 3 nitrogen and oxygen atoms in total. The van der Waals surface area contributed by atoms with Crippen molar-refractivity contribution < 1.29 is 13.9 Å². The van der Waals surface area contributed by atoms with E-state index in [1.54, 1.807) is 12.1 Å². The van der Waals surface area contributed by atoms with Crippen LogP contribution in [0.5, 0.6) is 5.75 Å². The first kappa shape index (κ1) is 12.2. The Balaban J connectivity index is 2.26. The highest BCUT2D eigenvalue weighted by molar-refractivity contribution is 6.31. The number of piperidine rings is 1. The van der Waals surface area contributed by atoms with E-state index in [1.165, 1.54) is 7.11 Å². The lowest BCUT2D eigenvalue weighted by molar-refractivity contribution is -0.119. The molecule has 0 aliphatic carbocycles. The van der Waals surface area contributed by atoms with Crippen molar-refractivity contribution in [2.45, 2.75) is 12.8 Å². The number of methoxy groups -OCH3 is 1. The molecule has 0 radical (unpaired) electrons. The van der Waals surface area contributed by atoms with Crippen LogP contribution in [-0.4, -0.2) is 26.0 Å². The fourth-order valence-corrected chi connectivity index (χ4v) is 2.10. The molecule has 0 unspecified atom stereocenters. The molecule has 0 spiro atoms. The van der Waals surface area contributed by atoms with Crippen molar-refractivity contribution in [3.05, 3.63) is 23.0 Å². The van der Waals surface area contributed by atoms with Gasteiger partial charge >= 0.3 is 0 Å². The van der Waals surface area contributed by atoms with Crippen LogP contribution in [0.3, 0.4) is 0 Å². The number of hydrogen-bond acceptors (Lipinski definition) is 3. The molecule has 1 aliphatic heterocycles. The average molecular weight is 258 g/mol. The molecule has 5 heteroatoms. The predicted octanol–water partition coefficient (Wildman–Crippen LogP) is 2.66. The van der Waals surface area contributed by atoms with E-state index in [-0.39, 0.29) is 16.6 Å². The monoisotopic (exact) mass is 257 g/mol. The molecular weight excluding hydrogens is 245 g/mol. The summed E-state index contributed by atoms with van der Waals surface area (Å²) in [5.74, 6) is -0.156. The number of hydrogen-bond donors (Lipinski definition) is 0. The van der Waals surface area contributed by atoms with E-state index in [1.807, 2.05) is 4.90 Å². The number of anilines is 1. The third kappa shape index (κ3) is 2.52. The van der Waals surface area contributed by atoms with E-state index in [0.29, 0.717) is 25.9 Å². The van der Waals surface area contributed by atoms with Crippen LogP contribution < -0.4 is 9.64 Å². The van der Waals surface area contributed by atoms with Gasteiger partial charge in [0.15, 0.2) is 11.6 Å². The normalized spacial score (nSPS) is 16.2. The standard InChI is InChI=1S/C12H13ClFNO2/c1-17-11-7-8(6-10(13)12(11)14)15-4-2-9(16)3-5-15/h6-7H,2-5H2,1H3. The molecule has 1 saturated heterocycles. The molecule has 1 aromatic carbocycles. The Bertz CT molecular complexity index is 440. The molecule has 0 amide bonds. The van der Waals surface area contributed by atoms with E-state index in [9.17, 15) is 9.18 Å². The first-order chi connectivity index (χ1) is 8.11. The van der Waals surface area contributed by atoms with Gasteiger partial charge in [-0.05, 0) is 6.07 Å². The zero-order chi connectivity index (χ0) is 12.4. The third-order valence-corrected chi connectivity index (χ3v) is 3.16. The molecule has 92 valence electrons. The summed E-state index contributed by atoms with van der Waals surface area (Å²) in [7, 11) is 1.40. The smallest absolute Gasteiger partial charge is 0.183 e. The molecule has 1 fully saturated rings. The summed E-state index contributed by atoms with van der Waals surface area (Å²) in [6, 6.07) is 3.17. The van der Waals surface area contributed by atoms with Gasteiger partial charge < -0.3 is 9.64 Å². The summed E-state index contributed by atoms with van der Waals surface area (Å²) in [6.45, 7) is 1.29. The highest BCUT2D eigenvalue weighted by Crippen LogP contribution is 2.31. The van der Waals surface area contributed by atoms with E-state index in [4.69, 9.17) is 16.3 Å². The molecule has 0 N–H and O–H groups in total. The number of benzene rings is 1. The number of rotatable bonds is 2. The van der Waals surface area contributed by atoms with Crippen LogP contribution >= 0.6 is 11.6 Å². The number of carbonyl (C=O) groups is 1. The molecule has 0 atom stereocenters. The van der Waals surface area contributed by atoms with Crippen molar-refractivity contribution in [2.75, 3.05) is 25.1 Å². The van der Waals surface area contributed by atoms with Gasteiger partial charge in [-0.15, -0.1) is 0 Å². The second-order valence-electron chi connectivity index (χ2n) is 3.97. The number of nitrogens with zero attached hydrogens (tertiary/aromatic N) is 1. The molecular formula is C12H13ClFNO2. The van der Waals surface area contributed by atoms with Crippen molar-refractivity contribution in [1.29, 1.82) is 0 Å². The third-order valence-electron chi connectivity index (χ3n) is 2.89. The van der Waals surface area contributed by atoms with Gasteiger partial charge in [0.2, 0.25) is 0 Å². The number of ether oxygens (including phenoxy) is 1. The second kappa shape index (κ2) is 4.92. The summed E-state index contributed by atoms with van der Waals surface area (Å²) in [5, 5.41) is 0.0382. The summed E-state index contributed by atoms with van der Waals surface area (Å²) in [4.78, 5) is 13.2. The summed E-state index contributed by atoms with van der Waals surface area (Å²) in [6.07, 6.45) is 1.05. The zero-order valence-corrected chi connectivity index (χ0v) is 10.3. The van der Waals surface area contributed by atoms with Crippen molar-refractivity contribution >= 4 is 23.1 Å². The van der Waals surface area contributed by atoms with Crippen LogP contribution in [0.4, 0.5) is 10.1 Å². The Kier molecular flexibility index (Phi) is 3.52. The Morgan fingerprint density at radius 2 is 2.00 bits per heavy atom. The Hall–Kier alpha value is -1.29. The predicted molar refractivity (Wildman–Crippen MR) is 64.4 cm³/mol. The van der Waals surface area contributed by atoms with Crippen LogP contribution in [0.1, 0.15) is 12.8 Å². The van der Waals surface area contributed by atoms with Gasteiger partial charge in [0, 0.05) is 37.7 Å². The van der Waals surface area contributed by atoms with Crippen LogP contribution in [0.2, 0.25) is 5.02 Å². The van der Waals surface area contributed by atoms with Crippen molar-refractivity contribution in [2.24, 2.45) is 0 Å². The van der Waals surface area contributed by atoms with Gasteiger partial charge in [-0.3, -0.25) is 4.79 Å². The van der Waals surface area contributed by atoms with Gasteiger partial charge in [-0.25, -0.2) is 4.39 Å². The highest BCUT2D eigenvalue weighted by Gasteiger charge is 2.19. The van der Waals surface area contributed by atoms with Crippen molar-refractivity contribution in [1.82, 2.24) is 0 Å². The lowest BCUT2D eigenvalue weighted by atomic mass is 10.1. The summed E-state index contributed by atoms with van der Waals surface area (Å²) >= 11 is 5.80. The maximum Gasteiger partial charge on any atom is 0.183 e.